The normalized spacial score (nSPS) is 16.4. The third kappa shape index (κ3) is 5.38. The minimum absolute atomic E-state index is 0.0828. The van der Waals surface area contributed by atoms with Gasteiger partial charge in [0.05, 0.1) is 16.9 Å². The maximum atomic E-state index is 12.8. The topological polar surface area (TPSA) is 69.7 Å². The van der Waals surface area contributed by atoms with Crippen LogP contribution in [0.25, 0.3) is 0 Å². The van der Waals surface area contributed by atoms with Crippen molar-refractivity contribution in [2.45, 2.75) is 17.5 Å². The lowest BCUT2D eigenvalue weighted by Gasteiger charge is -2.31. The van der Waals surface area contributed by atoms with Crippen molar-refractivity contribution < 1.29 is 26.4 Å². The van der Waals surface area contributed by atoms with E-state index in [1.807, 2.05) is 11.9 Å². The smallest absolute Gasteiger partial charge is 0.326 e. The van der Waals surface area contributed by atoms with E-state index in [1.54, 1.807) is 6.07 Å². The Balaban J connectivity index is 1.67. The lowest BCUT2D eigenvalue weighted by Crippen LogP contribution is -2.47. The summed E-state index contributed by atoms with van der Waals surface area (Å²) in [7, 11) is -1.75. The zero-order valence-electron chi connectivity index (χ0n) is 16.3. The first-order chi connectivity index (χ1) is 14.1. The molecular weight excluding hydrogens is 419 g/mol. The fourth-order valence-corrected chi connectivity index (χ4v) is 4.58. The van der Waals surface area contributed by atoms with Gasteiger partial charge in [-0.15, -0.1) is 0 Å². The van der Waals surface area contributed by atoms with Crippen LogP contribution in [0.4, 0.5) is 18.9 Å². The van der Waals surface area contributed by atoms with Crippen molar-refractivity contribution in [1.29, 1.82) is 0 Å². The number of hydrogen-bond acceptors (Lipinski definition) is 4. The molecule has 0 atom stereocenters. The van der Waals surface area contributed by atoms with Crippen molar-refractivity contribution in [2.24, 2.45) is 0 Å². The van der Waals surface area contributed by atoms with Crippen LogP contribution in [0, 0.1) is 0 Å². The summed E-state index contributed by atoms with van der Waals surface area (Å²) in [6.07, 6.45) is -4.57. The molecule has 3 rings (SSSR count). The van der Waals surface area contributed by atoms with Crippen LogP contribution in [0.1, 0.15) is 11.1 Å². The Morgan fingerprint density at radius 1 is 1.03 bits per heavy atom. The molecule has 1 amide bonds. The van der Waals surface area contributed by atoms with Crippen LogP contribution < -0.4 is 5.32 Å². The molecule has 0 spiro atoms. The Morgan fingerprint density at radius 3 is 2.27 bits per heavy atom. The van der Waals surface area contributed by atoms with Gasteiger partial charge in [-0.05, 0) is 42.9 Å². The molecule has 162 valence electrons. The third-order valence-electron chi connectivity index (χ3n) is 4.86. The van der Waals surface area contributed by atoms with Crippen LogP contribution in [0.3, 0.4) is 0 Å². The Labute approximate surface area is 173 Å². The maximum absolute atomic E-state index is 12.8. The third-order valence-corrected chi connectivity index (χ3v) is 6.76. The number of alkyl halides is 3. The molecule has 1 aliphatic rings. The highest BCUT2D eigenvalue weighted by atomic mass is 32.2. The summed E-state index contributed by atoms with van der Waals surface area (Å²) in [5.74, 6) is -0.455. The molecule has 30 heavy (non-hydrogen) atoms. The van der Waals surface area contributed by atoms with E-state index in [0.29, 0.717) is 37.4 Å². The second-order valence-electron chi connectivity index (χ2n) is 7.15. The van der Waals surface area contributed by atoms with Gasteiger partial charge in [0.1, 0.15) is 0 Å². The molecule has 0 unspecified atom stereocenters. The Morgan fingerprint density at radius 2 is 1.67 bits per heavy atom. The summed E-state index contributed by atoms with van der Waals surface area (Å²) in [6.45, 7) is 2.07. The first-order valence-corrected chi connectivity index (χ1v) is 10.7. The van der Waals surface area contributed by atoms with Gasteiger partial charge in [0, 0.05) is 31.9 Å². The number of rotatable bonds is 5. The highest BCUT2D eigenvalue weighted by Crippen LogP contribution is 2.29. The molecule has 0 radical (unpaired) electrons. The van der Waals surface area contributed by atoms with Crippen molar-refractivity contribution in [2.75, 3.05) is 38.5 Å². The Bertz CT molecular complexity index is 1000. The predicted molar refractivity (Wildman–Crippen MR) is 106 cm³/mol. The van der Waals surface area contributed by atoms with E-state index >= 15 is 0 Å². The van der Waals surface area contributed by atoms with Crippen molar-refractivity contribution in [3.8, 4) is 0 Å². The number of halogens is 3. The summed E-state index contributed by atoms with van der Waals surface area (Å²) in [5, 5.41) is 2.61. The first-order valence-electron chi connectivity index (χ1n) is 9.30. The van der Waals surface area contributed by atoms with Crippen LogP contribution in [-0.4, -0.2) is 56.8 Å². The summed E-state index contributed by atoms with van der Waals surface area (Å²) < 4.78 is 65.0. The Kier molecular flexibility index (Phi) is 6.49. The van der Waals surface area contributed by atoms with Gasteiger partial charge in [-0.25, -0.2) is 8.42 Å². The molecule has 0 aliphatic carbocycles. The lowest BCUT2D eigenvalue weighted by molar-refractivity contribution is -0.137. The number of benzene rings is 2. The van der Waals surface area contributed by atoms with Crippen molar-refractivity contribution in [3.63, 3.8) is 0 Å². The average Bonchev–Trinajstić information content (AvgIpc) is 2.68. The molecule has 0 saturated carbocycles. The van der Waals surface area contributed by atoms with E-state index in [0.717, 1.165) is 12.1 Å². The molecule has 10 heteroatoms. The molecule has 0 bridgehead atoms. The fourth-order valence-electron chi connectivity index (χ4n) is 3.11. The minimum atomic E-state index is -4.43. The number of carbonyl (C=O) groups excluding carboxylic acids is 1. The quantitative estimate of drug-likeness (QED) is 0.775. The summed E-state index contributed by atoms with van der Waals surface area (Å²) in [5.41, 5.74) is -0.0581. The number of anilines is 1. The van der Waals surface area contributed by atoms with Crippen molar-refractivity contribution in [1.82, 2.24) is 9.21 Å². The number of amides is 1. The lowest BCUT2D eigenvalue weighted by atomic mass is 10.1. The van der Waals surface area contributed by atoms with E-state index in [4.69, 9.17) is 0 Å². The van der Waals surface area contributed by atoms with Crippen molar-refractivity contribution >= 4 is 21.6 Å². The number of nitrogens with zero attached hydrogens (tertiary/aromatic N) is 2. The number of carbonyl (C=O) groups is 1. The second-order valence-corrected chi connectivity index (χ2v) is 9.09. The largest absolute Gasteiger partial charge is 0.416 e. The molecule has 1 fully saturated rings. The molecule has 1 aliphatic heterocycles. The number of likely N-dealkylation sites (N-methyl/N-ethyl adjacent to an activating group) is 1. The highest BCUT2D eigenvalue weighted by Gasteiger charge is 2.30. The predicted octanol–water partition coefficient (Wildman–Crippen LogP) is 2.82. The van der Waals surface area contributed by atoms with Crippen LogP contribution in [0.2, 0.25) is 0 Å². The monoisotopic (exact) mass is 441 g/mol. The molecule has 2 aromatic rings. The number of nitrogens with one attached hydrogen (secondary N) is 1. The zero-order valence-corrected chi connectivity index (χ0v) is 17.1. The van der Waals surface area contributed by atoms with Crippen molar-refractivity contribution in [3.05, 3.63) is 59.7 Å². The van der Waals surface area contributed by atoms with E-state index in [-0.39, 0.29) is 11.3 Å². The average molecular weight is 441 g/mol. The van der Waals surface area contributed by atoms with E-state index < -0.39 is 27.7 Å². The van der Waals surface area contributed by atoms with Crippen LogP contribution >= 0.6 is 0 Å². The Hall–Kier alpha value is -2.43. The number of sulfonamides is 1. The standard InChI is InChI=1S/C20H22F3N3O3S/c1-25-9-11-26(12-10-25)30(28,29)18-4-2-3-17(14-18)24-19(27)13-15-5-7-16(8-6-15)20(21,22)23/h2-8,14H,9-13H2,1H3,(H,24,27). The van der Waals surface area contributed by atoms with E-state index in [9.17, 15) is 26.4 Å². The van der Waals surface area contributed by atoms with Crippen LogP contribution in [0.5, 0.6) is 0 Å². The summed E-state index contributed by atoms with van der Waals surface area (Å²) >= 11 is 0. The van der Waals surface area contributed by atoms with Gasteiger partial charge in [0.15, 0.2) is 0 Å². The van der Waals surface area contributed by atoms with Gasteiger partial charge in [-0.3, -0.25) is 4.79 Å². The van der Waals surface area contributed by atoms with Gasteiger partial charge >= 0.3 is 6.18 Å². The molecule has 0 aromatic heterocycles. The van der Waals surface area contributed by atoms with Crippen LogP contribution in [0.15, 0.2) is 53.4 Å². The van der Waals surface area contributed by atoms with Gasteiger partial charge in [0.25, 0.3) is 0 Å². The fraction of sp³-hybridized carbons (Fsp3) is 0.350. The molecule has 1 N–H and O–H groups in total. The molecule has 1 saturated heterocycles. The van der Waals surface area contributed by atoms with Gasteiger partial charge in [0.2, 0.25) is 15.9 Å². The second kappa shape index (κ2) is 8.75. The summed E-state index contributed by atoms with van der Waals surface area (Å²) in [6, 6.07) is 10.3. The molecule has 2 aromatic carbocycles. The minimum Gasteiger partial charge on any atom is -0.326 e. The highest BCUT2D eigenvalue weighted by molar-refractivity contribution is 7.89. The van der Waals surface area contributed by atoms with E-state index in [1.165, 1.54) is 34.6 Å². The van der Waals surface area contributed by atoms with Gasteiger partial charge < -0.3 is 10.2 Å². The molecular formula is C20H22F3N3O3S. The zero-order chi connectivity index (χ0) is 21.9. The maximum Gasteiger partial charge on any atom is 0.416 e. The van der Waals surface area contributed by atoms with Gasteiger partial charge in [-0.2, -0.15) is 17.5 Å². The molecule has 6 nitrogen and oxygen atoms in total. The van der Waals surface area contributed by atoms with E-state index in [2.05, 4.69) is 5.32 Å². The number of piperazine rings is 1. The summed E-state index contributed by atoms with van der Waals surface area (Å²) in [4.78, 5) is 14.4. The van der Waals surface area contributed by atoms with Gasteiger partial charge in [-0.1, -0.05) is 18.2 Å². The van der Waals surface area contributed by atoms with Crippen LogP contribution in [-0.2, 0) is 27.4 Å². The first kappa shape index (κ1) is 22.3. The molecule has 1 heterocycles. The SMILES string of the molecule is CN1CCN(S(=O)(=O)c2cccc(NC(=O)Cc3ccc(C(F)(F)F)cc3)c2)CC1. The number of hydrogen-bond donors (Lipinski definition) is 1.